The monoisotopic (exact) mass is 272 g/mol. The van der Waals surface area contributed by atoms with Crippen molar-refractivity contribution in [3.8, 4) is 0 Å². The number of rotatable bonds is 1. The van der Waals surface area contributed by atoms with Crippen LogP contribution in [-0.4, -0.2) is 16.3 Å². The van der Waals surface area contributed by atoms with E-state index in [0.717, 1.165) is 39.9 Å². The molecule has 19 heavy (non-hydrogen) atoms. The first-order valence-electron chi connectivity index (χ1n) is 6.10. The lowest BCUT2D eigenvalue weighted by atomic mass is 9.85. The first-order chi connectivity index (χ1) is 8.95. The fourth-order valence-corrected chi connectivity index (χ4v) is 2.85. The quantitative estimate of drug-likeness (QED) is 0.746. The van der Waals surface area contributed by atoms with Crippen molar-refractivity contribution in [3.63, 3.8) is 0 Å². The largest absolute Gasteiger partial charge is 0.298 e. The summed E-state index contributed by atoms with van der Waals surface area (Å²) in [5.41, 5.74) is 4.50. The SMILES string of the molecule is CC1=C(C=O)C(C)(C)c2nc3ccc(Cl)cc3nc21. The molecule has 1 heterocycles. The van der Waals surface area contributed by atoms with Crippen LogP contribution < -0.4 is 0 Å². The van der Waals surface area contributed by atoms with Gasteiger partial charge in [-0.15, -0.1) is 0 Å². The number of hydrogen-bond donors (Lipinski definition) is 0. The average Bonchev–Trinajstić information content (AvgIpc) is 2.54. The van der Waals surface area contributed by atoms with Crippen LogP contribution in [0, 0.1) is 0 Å². The lowest BCUT2D eigenvalue weighted by molar-refractivity contribution is -0.105. The smallest absolute Gasteiger partial charge is 0.147 e. The Morgan fingerprint density at radius 3 is 2.63 bits per heavy atom. The number of nitrogens with zero attached hydrogens (tertiary/aromatic N) is 2. The number of fused-ring (bicyclic) bond motifs is 2. The number of carbonyl (C=O) groups excluding carboxylic acids is 1. The van der Waals surface area contributed by atoms with Crippen LogP contribution in [0.5, 0.6) is 0 Å². The van der Waals surface area contributed by atoms with E-state index in [9.17, 15) is 4.79 Å². The summed E-state index contributed by atoms with van der Waals surface area (Å²) in [6, 6.07) is 5.45. The van der Waals surface area contributed by atoms with Crippen LogP contribution in [-0.2, 0) is 10.2 Å². The number of allylic oxidation sites excluding steroid dienone is 2. The van der Waals surface area contributed by atoms with Gasteiger partial charge in [0.1, 0.15) is 6.29 Å². The standard InChI is InChI=1S/C15H13ClN2O/c1-8-10(7-19)15(2,3)14-13(8)17-12-6-9(16)4-5-11(12)18-14/h4-7H,1-3H3. The summed E-state index contributed by atoms with van der Waals surface area (Å²) in [5.74, 6) is 0. The zero-order chi connectivity index (χ0) is 13.8. The normalized spacial score (nSPS) is 16.8. The van der Waals surface area contributed by atoms with Gasteiger partial charge in [-0.25, -0.2) is 9.97 Å². The predicted molar refractivity (Wildman–Crippen MR) is 76.2 cm³/mol. The van der Waals surface area contributed by atoms with Crippen molar-refractivity contribution < 1.29 is 4.79 Å². The van der Waals surface area contributed by atoms with Crippen LogP contribution >= 0.6 is 11.6 Å². The number of hydrogen-bond acceptors (Lipinski definition) is 3. The number of carbonyl (C=O) groups is 1. The highest BCUT2D eigenvalue weighted by atomic mass is 35.5. The molecular weight excluding hydrogens is 260 g/mol. The number of aromatic nitrogens is 2. The highest BCUT2D eigenvalue weighted by Crippen LogP contribution is 2.43. The Kier molecular flexibility index (Phi) is 2.51. The van der Waals surface area contributed by atoms with Crippen LogP contribution in [0.4, 0.5) is 0 Å². The third-order valence-electron chi connectivity index (χ3n) is 3.77. The van der Waals surface area contributed by atoms with E-state index in [1.54, 1.807) is 12.1 Å². The minimum Gasteiger partial charge on any atom is -0.298 e. The summed E-state index contributed by atoms with van der Waals surface area (Å²) >= 11 is 5.98. The molecule has 0 saturated heterocycles. The Balaban J connectivity index is 2.38. The van der Waals surface area contributed by atoms with Crippen molar-refractivity contribution in [2.24, 2.45) is 0 Å². The topological polar surface area (TPSA) is 42.9 Å². The molecule has 0 aliphatic heterocycles. The molecule has 0 amide bonds. The lowest BCUT2D eigenvalue weighted by Gasteiger charge is -2.19. The summed E-state index contributed by atoms with van der Waals surface area (Å²) in [5, 5.41) is 0.635. The molecule has 0 fully saturated rings. The van der Waals surface area contributed by atoms with E-state index < -0.39 is 0 Å². The molecule has 1 aromatic carbocycles. The molecule has 0 radical (unpaired) electrons. The predicted octanol–water partition coefficient (Wildman–Crippen LogP) is 3.55. The number of benzene rings is 1. The third kappa shape index (κ3) is 1.61. The fraction of sp³-hybridized carbons (Fsp3) is 0.267. The van der Waals surface area contributed by atoms with E-state index in [2.05, 4.69) is 9.97 Å². The summed E-state index contributed by atoms with van der Waals surface area (Å²) in [4.78, 5) is 20.6. The fourth-order valence-electron chi connectivity index (χ4n) is 2.68. The van der Waals surface area contributed by atoms with Crippen molar-refractivity contribution in [2.45, 2.75) is 26.2 Å². The Labute approximate surface area is 116 Å². The van der Waals surface area contributed by atoms with Gasteiger partial charge in [-0.1, -0.05) is 11.6 Å². The van der Waals surface area contributed by atoms with Crippen LogP contribution in [0.1, 0.15) is 32.2 Å². The maximum atomic E-state index is 11.3. The Morgan fingerprint density at radius 1 is 1.21 bits per heavy atom. The van der Waals surface area contributed by atoms with Crippen molar-refractivity contribution >= 4 is 34.5 Å². The summed E-state index contributed by atoms with van der Waals surface area (Å²) in [6.07, 6.45) is 0.913. The molecule has 1 aromatic heterocycles. The van der Waals surface area contributed by atoms with Crippen molar-refractivity contribution in [2.75, 3.05) is 0 Å². The summed E-state index contributed by atoms with van der Waals surface area (Å²) in [6.45, 7) is 5.92. The first-order valence-corrected chi connectivity index (χ1v) is 6.47. The molecule has 1 aliphatic carbocycles. The van der Waals surface area contributed by atoms with Crippen molar-refractivity contribution in [1.82, 2.24) is 9.97 Å². The third-order valence-corrected chi connectivity index (χ3v) is 4.00. The lowest BCUT2D eigenvalue weighted by Crippen LogP contribution is -2.20. The second-order valence-corrected chi connectivity index (χ2v) is 5.77. The maximum absolute atomic E-state index is 11.3. The zero-order valence-corrected chi connectivity index (χ0v) is 11.7. The van der Waals surface area contributed by atoms with Gasteiger partial charge in [-0.3, -0.25) is 4.79 Å². The van der Waals surface area contributed by atoms with E-state index in [4.69, 9.17) is 11.6 Å². The Morgan fingerprint density at radius 2 is 1.95 bits per heavy atom. The molecule has 0 spiro atoms. The van der Waals surface area contributed by atoms with Gasteiger partial charge in [-0.2, -0.15) is 0 Å². The van der Waals surface area contributed by atoms with Gasteiger partial charge in [0, 0.05) is 16.0 Å². The highest BCUT2D eigenvalue weighted by molar-refractivity contribution is 6.31. The molecule has 96 valence electrons. The van der Waals surface area contributed by atoms with Crippen molar-refractivity contribution in [3.05, 3.63) is 40.2 Å². The minimum atomic E-state index is -0.387. The molecule has 3 nitrogen and oxygen atoms in total. The molecule has 2 aromatic rings. The van der Waals surface area contributed by atoms with E-state index in [0.29, 0.717) is 5.02 Å². The zero-order valence-electron chi connectivity index (χ0n) is 11.0. The molecule has 0 saturated carbocycles. The summed E-state index contributed by atoms with van der Waals surface area (Å²) < 4.78 is 0. The molecule has 4 heteroatoms. The molecule has 3 rings (SSSR count). The number of halogens is 1. The molecular formula is C15H13ClN2O. The first kappa shape index (κ1) is 12.3. The molecule has 1 aliphatic rings. The highest BCUT2D eigenvalue weighted by Gasteiger charge is 2.38. The Hall–Kier alpha value is -1.74. The second-order valence-electron chi connectivity index (χ2n) is 5.34. The van der Waals surface area contributed by atoms with Crippen LogP contribution in [0.25, 0.3) is 16.6 Å². The van der Waals surface area contributed by atoms with Gasteiger partial charge in [-0.05, 0) is 44.5 Å². The molecule has 0 bridgehead atoms. The van der Waals surface area contributed by atoms with Crippen LogP contribution in [0.15, 0.2) is 23.8 Å². The molecule has 0 N–H and O–H groups in total. The minimum absolute atomic E-state index is 0.387. The Bertz CT molecular complexity index is 747. The van der Waals surface area contributed by atoms with E-state index >= 15 is 0 Å². The average molecular weight is 273 g/mol. The van der Waals surface area contributed by atoms with Gasteiger partial charge >= 0.3 is 0 Å². The molecule has 0 atom stereocenters. The summed E-state index contributed by atoms with van der Waals surface area (Å²) in [7, 11) is 0. The van der Waals surface area contributed by atoms with Gasteiger partial charge in [0.25, 0.3) is 0 Å². The van der Waals surface area contributed by atoms with Crippen molar-refractivity contribution in [1.29, 1.82) is 0 Å². The molecule has 0 unspecified atom stereocenters. The van der Waals surface area contributed by atoms with Crippen LogP contribution in [0.3, 0.4) is 0 Å². The second kappa shape index (κ2) is 3.87. The maximum Gasteiger partial charge on any atom is 0.147 e. The van der Waals surface area contributed by atoms with E-state index in [1.165, 1.54) is 0 Å². The number of aldehydes is 1. The van der Waals surface area contributed by atoms with E-state index in [1.807, 2.05) is 26.8 Å². The van der Waals surface area contributed by atoms with Gasteiger partial charge < -0.3 is 0 Å². The van der Waals surface area contributed by atoms with Gasteiger partial charge in [0.2, 0.25) is 0 Å². The van der Waals surface area contributed by atoms with Gasteiger partial charge in [0.05, 0.1) is 22.4 Å². The van der Waals surface area contributed by atoms with Gasteiger partial charge in [0.15, 0.2) is 0 Å². The van der Waals surface area contributed by atoms with Crippen LogP contribution in [0.2, 0.25) is 5.02 Å². The van der Waals surface area contributed by atoms with E-state index in [-0.39, 0.29) is 5.41 Å².